The minimum Gasteiger partial charge on any atom is -0.375 e. The molecule has 7 heteroatoms. The molecule has 1 aliphatic heterocycles. The Morgan fingerprint density at radius 3 is 2.40 bits per heavy atom. The fraction of sp³-hybridized carbons (Fsp3) is 0.536. The van der Waals surface area contributed by atoms with Gasteiger partial charge in [-0.3, -0.25) is 4.98 Å². The highest BCUT2D eigenvalue weighted by atomic mass is 32.2. The molecule has 1 saturated heterocycles. The number of ether oxygens (including phenoxy) is 1. The Morgan fingerprint density at radius 1 is 1.11 bits per heavy atom. The maximum Gasteiger partial charge on any atom is 0.242 e. The zero-order valence-corrected chi connectivity index (χ0v) is 22.3. The van der Waals surface area contributed by atoms with E-state index < -0.39 is 10.0 Å². The quantitative estimate of drug-likeness (QED) is 0.453. The molecular weight excluding hydrogens is 458 g/mol. The van der Waals surface area contributed by atoms with Crippen molar-refractivity contribution in [3.05, 3.63) is 59.9 Å². The maximum absolute atomic E-state index is 12.5. The summed E-state index contributed by atoms with van der Waals surface area (Å²) in [6.07, 6.45) is 10.1. The van der Waals surface area contributed by atoms with Crippen LogP contribution in [-0.2, 0) is 14.8 Å². The highest BCUT2D eigenvalue weighted by Gasteiger charge is 2.46. The van der Waals surface area contributed by atoms with E-state index in [1.165, 1.54) is 35.6 Å². The number of hydrogen-bond donors (Lipinski definition) is 0. The van der Waals surface area contributed by atoms with Gasteiger partial charge in [0, 0.05) is 26.5 Å². The Labute approximate surface area is 209 Å². The first-order chi connectivity index (χ1) is 16.5. The largest absolute Gasteiger partial charge is 0.375 e. The monoisotopic (exact) mass is 495 g/mol. The Balaban J connectivity index is 1.42. The van der Waals surface area contributed by atoms with Crippen LogP contribution in [0.15, 0.2) is 53.7 Å². The van der Waals surface area contributed by atoms with E-state index in [2.05, 4.69) is 37.6 Å². The molecule has 1 aromatic carbocycles. The molecule has 35 heavy (non-hydrogen) atoms. The van der Waals surface area contributed by atoms with Crippen LogP contribution >= 0.6 is 0 Å². The number of hydrogen-bond acceptors (Lipinski definition) is 4. The summed E-state index contributed by atoms with van der Waals surface area (Å²) in [5.74, 6) is 0.503. The van der Waals surface area contributed by atoms with Crippen molar-refractivity contribution in [2.24, 2.45) is 5.41 Å². The first-order valence-electron chi connectivity index (χ1n) is 12.6. The van der Waals surface area contributed by atoms with Gasteiger partial charge in [-0.1, -0.05) is 12.1 Å². The van der Waals surface area contributed by atoms with E-state index in [0.29, 0.717) is 16.2 Å². The Hall–Kier alpha value is -2.22. The van der Waals surface area contributed by atoms with Gasteiger partial charge in [-0.25, -0.2) is 12.7 Å². The third-order valence-electron chi connectivity index (χ3n) is 8.23. The van der Waals surface area contributed by atoms with Crippen molar-refractivity contribution in [3.63, 3.8) is 0 Å². The number of fused-ring (bicyclic) bond motifs is 1. The zero-order valence-electron chi connectivity index (χ0n) is 21.5. The molecular formula is C28H37N3O3S. The van der Waals surface area contributed by atoms with Crippen molar-refractivity contribution in [1.82, 2.24) is 13.9 Å². The fourth-order valence-corrected chi connectivity index (χ4v) is 7.13. The minimum absolute atomic E-state index is 0.00126. The van der Waals surface area contributed by atoms with Gasteiger partial charge in [-0.05, 0) is 99.6 Å². The molecule has 1 spiro atoms. The summed E-state index contributed by atoms with van der Waals surface area (Å²) in [6.45, 7) is 7.49. The van der Waals surface area contributed by atoms with Crippen LogP contribution in [0.1, 0.15) is 76.0 Å². The highest BCUT2D eigenvalue weighted by Crippen LogP contribution is 2.52. The first kappa shape index (κ1) is 24.5. The average molecular weight is 496 g/mol. The standard InChI is InChI=1S/C28H37N3O3S/c1-20(21-8-10-23(11-9-21)35(32,33)30(4)5)31-17-24(26-25(31)7-6-16-29-26)22-12-14-28(15-13-22)18-27(2,3)34-19-28/h6-11,16-17,20,22H,12-15,18-19H2,1-5H3. The van der Waals surface area contributed by atoms with Crippen molar-refractivity contribution >= 4 is 21.1 Å². The molecule has 0 N–H and O–H groups in total. The number of nitrogens with zero attached hydrogens (tertiary/aromatic N) is 3. The first-order valence-corrected chi connectivity index (χ1v) is 14.1. The van der Waals surface area contributed by atoms with Crippen molar-refractivity contribution in [2.75, 3.05) is 20.7 Å². The predicted octanol–water partition coefficient (Wildman–Crippen LogP) is 5.74. The Morgan fingerprint density at radius 2 is 1.80 bits per heavy atom. The van der Waals surface area contributed by atoms with E-state index in [0.717, 1.165) is 29.6 Å². The van der Waals surface area contributed by atoms with Gasteiger partial charge in [0.15, 0.2) is 0 Å². The molecule has 3 aromatic rings. The predicted molar refractivity (Wildman–Crippen MR) is 139 cm³/mol. The number of sulfonamides is 1. The van der Waals surface area contributed by atoms with E-state index in [1.807, 2.05) is 24.4 Å². The molecule has 188 valence electrons. The van der Waals surface area contributed by atoms with Crippen molar-refractivity contribution < 1.29 is 13.2 Å². The van der Waals surface area contributed by atoms with Crippen LogP contribution in [0.5, 0.6) is 0 Å². The van der Waals surface area contributed by atoms with E-state index in [-0.39, 0.29) is 11.6 Å². The number of rotatable bonds is 5. The second-order valence-electron chi connectivity index (χ2n) is 11.4. The molecule has 1 aliphatic carbocycles. The molecule has 5 rings (SSSR count). The lowest BCUT2D eigenvalue weighted by Crippen LogP contribution is -2.28. The SMILES string of the molecule is CC(c1ccc(S(=O)(=O)N(C)C)cc1)n1cc(C2CCC3(CC2)COC(C)(C)C3)c2ncccc21. The number of aromatic nitrogens is 2. The van der Waals surface area contributed by atoms with Crippen LogP contribution in [0, 0.1) is 5.41 Å². The van der Waals surface area contributed by atoms with Crippen LogP contribution in [0.25, 0.3) is 11.0 Å². The lowest BCUT2D eigenvalue weighted by molar-refractivity contribution is 0.0281. The third kappa shape index (κ3) is 4.43. The van der Waals surface area contributed by atoms with Gasteiger partial charge in [0.2, 0.25) is 10.0 Å². The van der Waals surface area contributed by atoms with Crippen LogP contribution in [0.2, 0.25) is 0 Å². The van der Waals surface area contributed by atoms with Crippen LogP contribution in [-0.4, -0.2) is 48.6 Å². The summed E-state index contributed by atoms with van der Waals surface area (Å²) < 4.78 is 34.6. The van der Waals surface area contributed by atoms with Gasteiger partial charge in [-0.2, -0.15) is 0 Å². The summed E-state index contributed by atoms with van der Waals surface area (Å²) in [7, 11) is -0.327. The third-order valence-corrected chi connectivity index (χ3v) is 10.1. The van der Waals surface area contributed by atoms with E-state index in [9.17, 15) is 8.42 Å². The van der Waals surface area contributed by atoms with Crippen molar-refractivity contribution in [3.8, 4) is 0 Å². The second kappa shape index (κ2) is 8.71. The maximum atomic E-state index is 12.5. The fourth-order valence-electron chi connectivity index (χ4n) is 6.23. The normalized spacial score (nSPS) is 25.5. The van der Waals surface area contributed by atoms with E-state index in [4.69, 9.17) is 9.72 Å². The second-order valence-corrected chi connectivity index (χ2v) is 13.5. The van der Waals surface area contributed by atoms with Gasteiger partial charge in [0.1, 0.15) is 0 Å². The topological polar surface area (TPSA) is 64.4 Å². The van der Waals surface area contributed by atoms with Crippen molar-refractivity contribution in [1.29, 1.82) is 0 Å². The summed E-state index contributed by atoms with van der Waals surface area (Å²) in [5, 5.41) is 0. The molecule has 1 atom stereocenters. The van der Waals surface area contributed by atoms with Gasteiger partial charge in [0.05, 0.1) is 34.2 Å². The molecule has 2 aliphatic rings. The minimum atomic E-state index is -3.44. The average Bonchev–Trinajstić information content (AvgIpc) is 3.36. The molecule has 0 amide bonds. The Kier molecular flexibility index (Phi) is 6.09. The van der Waals surface area contributed by atoms with Gasteiger partial charge in [0.25, 0.3) is 0 Å². The van der Waals surface area contributed by atoms with Gasteiger partial charge in [-0.15, -0.1) is 0 Å². The van der Waals surface area contributed by atoms with Crippen LogP contribution in [0.3, 0.4) is 0 Å². The molecule has 6 nitrogen and oxygen atoms in total. The molecule has 2 fully saturated rings. The van der Waals surface area contributed by atoms with Gasteiger partial charge >= 0.3 is 0 Å². The van der Waals surface area contributed by atoms with Crippen molar-refractivity contribution in [2.45, 2.75) is 75.3 Å². The van der Waals surface area contributed by atoms with Crippen LogP contribution < -0.4 is 0 Å². The number of pyridine rings is 1. The lowest BCUT2D eigenvalue weighted by atomic mass is 9.67. The van der Waals surface area contributed by atoms with Crippen LogP contribution in [0.4, 0.5) is 0 Å². The summed E-state index contributed by atoms with van der Waals surface area (Å²) >= 11 is 0. The highest BCUT2D eigenvalue weighted by molar-refractivity contribution is 7.89. The molecule has 1 saturated carbocycles. The van der Waals surface area contributed by atoms with E-state index in [1.54, 1.807) is 26.2 Å². The smallest absolute Gasteiger partial charge is 0.242 e. The number of benzene rings is 1. The molecule has 0 radical (unpaired) electrons. The van der Waals surface area contributed by atoms with E-state index >= 15 is 0 Å². The zero-order chi connectivity index (χ0) is 25.0. The Bertz CT molecular complexity index is 1320. The molecule has 0 bridgehead atoms. The summed E-state index contributed by atoms with van der Waals surface area (Å²) in [6, 6.07) is 11.5. The summed E-state index contributed by atoms with van der Waals surface area (Å²) in [5.41, 5.74) is 4.98. The summed E-state index contributed by atoms with van der Waals surface area (Å²) in [4.78, 5) is 5.11. The molecule has 1 unspecified atom stereocenters. The van der Waals surface area contributed by atoms with Gasteiger partial charge < -0.3 is 9.30 Å². The molecule has 2 aromatic heterocycles. The molecule has 3 heterocycles. The lowest BCUT2D eigenvalue weighted by Gasteiger charge is -2.36.